The highest BCUT2D eigenvalue weighted by Crippen LogP contribution is 2.28. The number of rotatable bonds is 3. The van der Waals surface area contributed by atoms with Gasteiger partial charge in [-0.15, -0.1) is 11.3 Å². The Balaban J connectivity index is 2.42. The minimum atomic E-state index is 0.306. The Morgan fingerprint density at radius 1 is 1.06 bits per heavy atom. The molecule has 1 heterocycles. The summed E-state index contributed by atoms with van der Waals surface area (Å²) >= 11 is 1.81. The van der Waals surface area contributed by atoms with Crippen LogP contribution in [0.15, 0.2) is 29.6 Å². The van der Waals surface area contributed by atoms with Crippen LogP contribution in [0, 0.1) is 20.8 Å². The predicted molar refractivity (Wildman–Crippen MR) is 75.9 cm³/mol. The van der Waals surface area contributed by atoms with Crippen molar-refractivity contribution in [2.75, 3.05) is 7.05 Å². The summed E-state index contributed by atoms with van der Waals surface area (Å²) in [6, 6.07) is 9.24. The van der Waals surface area contributed by atoms with Gasteiger partial charge in [-0.1, -0.05) is 18.2 Å². The van der Waals surface area contributed by atoms with Gasteiger partial charge in [0.2, 0.25) is 0 Å². The molecule has 0 bridgehead atoms. The van der Waals surface area contributed by atoms with E-state index < -0.39 is 0 Å². The SMILES string of the molecule is CNC(c1ccc(C)c(C)c1)c1ccsc1C. The van der Waals surface area contributed by atoms with Crippen LogP contribution in [-0.2, 0) is 0 Å². The second kappa shape index (κ2) is 5.03. The van der Waals surface area contributed by atoms with Gasteiger partial charge in [0.15, 0.2) is 0 Å². The number of aryl methyl sites for hydroxylation is 3. The average molecular weight is 245 g/mol. The van der Waals surface area contributed by atoms with Gasteiger partial charge in [-0.2, -0.15) is 0 Å². The molecule has 0 spiro atoms. The number of nitrogens with one attached hydrogen (secondary N) is 1. The van der Waals surface area contributed by atoms with Gasteiger partial charge in [-0.25, -0.2) is 0 Å². The molecule has 0 radical (unpaired) electrons. The first kappa shape index (κ1) is 12.3. The van der Waals surface area contributed by atoms with E-state index in [4.69, 9.17) is 0 Å². The minimum absolute atomic E-state index is 0.306. The molecule has 0 aliphatic heterocycles. The Labute approximate surface area is 108 Å². The maximum absolute atomic E-state index is 3.41. The zero-order valence-corrected chi connectivity index (χ0v) is 11.7. The molecule has 2 aromatic rings. The van der Waals surface area contributed by atoms with Crippen LogP contribution in [0.1, 0.15) is 33.2 Å². The summed E-state index contributed by atoms with van der Waals surface area (Å²) in [5.41, 5.74) is 5.44. The Bertz CT molecular complexity index is 513. The molecule has 1 atom stereocenters. The van der Waals surface area contributed by atoms with E-state index >= 15 is 0 Å². The van der Waals surface area contributed by atoms with Crippen molar-refractivity contribution in [2.45, 2.75) is 26.8 Å². The Kier molecular flexibility index (Phi) is 3.65. The van der Waals surface area contributed by atoms with E-state index in [-0.39, 0.29) is 0 Å². The molecule has 90 valence electrons. The van der Waals surface area contributed by atoms with E-state index in [1.165, 1.54) is 27.1 Å². The molecule has 2 rings (SSSR count). The van der Waals surface area contributed by atoms with Crippen LogP contribution >= 0.6 is 11.3 Å². The molecule has 1 aromatic heterocycles. The van der Waals surface area contributed by atoms with Gasteiger partial charge in [-0.3, -0.25) is 0 Å². The van der Waals surface area contributed by atoms with E-state index in [9.17, 15) is 0 Å². The molecule has 0 amide bonds. The summed E-state index contributed by atoms with van der Waals surface area (Å²) in [6.07, 6.45) is 0. The Morgan fingerprint density at radius 2 is 1.82 bits per heavy atom. The predicted octanol–water partition coefficient (Wildman–Crippen LogP) is 3.98. The van der Waals surface area contributed by atoms with Crippen molar-refractivity contribution in [3.63, 3.8) is 0 Å². The lowest BCUT2D eigenvalue weighted by molar-refractivity contribution is 0.690. The van der Waals surface area contributed by atoms with Gasteiger partial charge in [0.1, 0.15) is 0 Å². The van der Waals surface area contributed by atoms with Crippen molar-refractivity contribution in [3.8, 4) is 0 Å². The molecule has 0 aliphatic carbocycles. The largest absolute Gasteiger partial charge is 0.309 e. The smallest absolute Gasteiger partial charge is 0.0585 e. The van der Waals surface area contributed by atoms with Crippen LogP contribution < -0.4 is 5.32 Å². The summed E-state index contributed by atoms with van der Waals surface area (Å²) in [4.78, 5) is 1.39. The van der Waals surface area contributed by atoms with Crippen molar-refractivity contribution < 1.29 is 0 Å². The summed E-state index contributed by atoms with van der Waals surface area (Å²) in [7, 11) is 2.02. The van der Waals surface area contributed by atoms with E-state index in [0.29, 0.717) is 6.04 Å². The summed E-state index contributed by atoms with van der Waals surface area (Å²) < 4.78 is 0. The Hall–Kier alpha value is -1.12. The first-order valence-corrected chi connectivity index (χ1v) is 6.80. The number of hydrogen-bond donors (Lipinski definition) is 1. The minimum Gasteiger partial charge on any atom is -0.309 e. The third kappa shape index (κ3) is 2.43. The van der Waals surface area contributed by atoms with E-state index in [0.717, 1.165) is 0 Å². The maximum Gasteiger partial charge on any atom is 0.0585 e. The van der Waals surface area contributed by atoms with Crippen LogP contribution in [0.4, 0.5) is 0 Å². The molecular weight excluding hydrogens is 226 g/mol. The van der Waals surface area contributed by atoms with Crippen LogP contribution in [0.25, 0.3) is 0 Å². The first-order chi connectivity index (χ1) is 8.13. The molecule has 0 fully saturated rings. The van der Waals surface area contributed by atoms with Crippen LogP contribution in [0.3, 0.4) is 0 Å². The highest BCUT2D eigenvalue weighted by atomic mass is 32.1. The molecule has 1 nitrogen and oxygen atoms in total. The highest BCUT2D eigenvalue weighted by Gasteiger charge is 2.15. The second-order valence-corrected chi connectivity index (χ2v) is 5.62. The molecule has 2 heteroatoms. The van der Waals surface area contributed by atoms with Gasteiger partial charge < -0.3 is 5.32 Å². The van der Waals surface area contributed by atoms with Gasteiger partial charge in [0.05, 0.1) is 6.04 Å². The standard InChI is InChI=1S/C15H19NS/c1-10-5-6-13(9-11(10)2)15(16-4)14-7-8-17-12(14)3/h5-9,15-16H,1-4H3. The number of thiophene rings is 1. The van der Waals surface area contributed by atoms with E-state index in [1.54, 1.807) is 0 Å². The monoisotopic (exact) mass is 245 g/mol. The zero-order chi connectivity index (χ0) is 12.4. The fourth-order valence-electron chi connectivity index (χ4n) is 2.14. The third-order valence-corrected chi connectivity index (χ3v) is 4.22. The van der Waals surface area contributed by atoms with Gasteiger partial charge in [0, 0.05) is 4.88 Å². The topological polar surface area (TPSA) is 12.0 Å². The van der Waals surface area contributed by atoms with Crippen LogP contribution in [-0.4, -0.2) is 7.05 Å². The van der Waals surface area contributed by atoms with Crippen molar-refractivity contribution in [1.82, 2.24) is 5.32 Å². The zero-order valence-electron chi connectivity index (χ0n) is 10.9. The molecule has 0 saturated carbocycles. The molecular formula is C15H19NS. The molecule has 0 aliphatic rings. The van der Waals surface area contributed by atoms with E-state index in [2.05, 4.69) is 55.7 Å². The molecule has 1 aromatic carbocycles. The van der Waals surface area contributed by atoms with Crippen molar-refractivity contribution >= 4 is 11.3 Å². The summed E-state index contributed by atoms with van der Waals surface area (Å²) in [6.45, 7) is 6.51. The van der Waals surface area contributed by atoms with Crippen LogP contribution in [0.2, 0.25) is 0 Å². The average Bonchev–Trinajstić information content (AvgIpc) is 2.71. The summed E-state index contributed by atoms with van der Waals surface area (Å²) in [5, 5.41) is 5.58. The fourth-order valence-corrected chi connectivity index (χ4v) is 2.88. The quantitative estimate of drug-likeness (QED) is 0.862. The number of benzene rings is 1. The number of hydrogen-bond acceptors (Lipinski definition) is 2. The lowest BCUT2D eigenvalue weighted by atomic mass is 9.96. The second-order valence-electron chi connectivity index (χ2n) is 4.50. The van der Waals surface area contributed by atoms with Gasteiger partial charge in [0.25, 0.3) is 0 Å². The lowest BCUT2D eigenvalue weighted by Crippen LogP contribution is -2.18. The molecule has 1 unspecified atom stereocenters. The normalized spacial score (nSPS) is 12.7. The first-order valence-electron chi connectivity index (χ1n) is 5.92. The molecule has 17 heavy (non-hydrogen) atoms. The van der Waals surface area contributed by atoms with Crippen LogP contribution in [0.5, 0.6) is 0 Å². The lowest BCUT2D eigenvalue weighted by Gasteiger charge is -2.18. The molecule has 1 N–H and O–H groups in total. The maximum atomic E-state index is 3.41. The van der Waals surface area contributed by atoms with Crippen molar-refractivity contribution in [3.05, 3.63) is 56.8 Å². The van der Waals surface area contributed by atoms with Crippen molar-refractivity contribution in [1.29, 1.82) is 0 Å². The fraction of sp³-hybridized carbons (Fsp3) is 0.333. The van der Waals surface area contributed by atoms with E-state index in [1.807, 2.05) is 18.4 Å². The highest BCUT2D eigenvalue weighted by molar-refractivity contribution is 7.10. The summed E-state index contributed by atoms with van der Waals surface area (Å²) in [5.74, 6) is 0. The Morgan fingerprint density at radius 3 is 2.35 bits per heavy atom. The van der Waals surface area contributed by atoms with Gasteiger partial charge >= 0.3 is 0 Å². The van der Waals surface area contributed by atoms with Gasteiger partial charge in [-0.05, 0) is 61.5 Å². The third-order valence-electron chi connectivity index (χ3n) is 3.36. The molecule has 0 saturated heterocycles. The van der Waals surface area contributed by atoms with Crippen molar-refractivity contribution in [2.24, 2.45) is 0 Å².